The molecule has 0 aliphatic carbocycles. The minimum absolute atomic E-state index is 0.0706. The molecule has 1 amide bonds. The van der Waals surface area contributed by atoms with Gasteiger partial charge in [-0.1, -0.05) is 22.7 Å². The van der Waals surface area contributed by atoms with Gasteiger partial charge in [0, 0.05) is 12.7 Å². The van der Waals surface area contributed by atoms with Gasteiger partial charge in [0.05, 0.1) is 23.6 Å². The molecule has 2 rings (SSSR count). The van der Waals surface area contributed by atoms with Crippen molar-refractivity contribution >= 4 is 27.6 Å². The van der Waals surface area contributed by atoms with E-state index in [1.54, 1.807) is 30.3 Å². The lowest BCUT2D eigenvalue weighted by atomic mass is 10.2. The van der Waals surface area contributed by atoms with E-state index in [1.807, 2.05) is 6.07 Å². The molecule has 0 saturated carbocycles. The van der Waals surface area contributed by atoms with E-state index >= 15 is 0 Å². The highest BCUT2D eigenvalue weighted by atomic mass is 32.2. The first kappa shape index (κ1) is 22.0. The first-order chi connectivity index (χ1) is 13.8. The number of ether oxygens (including phenoxy) is 1. The van der Waals surface area contributed by atoms with Crippen LogP contribution in [0.2, 0.25) is 0 Å². The van der Waals surface area contributed by atoms with E-state index in [4.69, 9.17) is 10.00 Å². The molecule has 0 saturated heterocycles. The number of nitriles is 1. The van der Waals surface area contributed by atoms with Crippen molar-refractivity contribution in [3.63, 3.8) is 0 Å². The fraction of sp³-hybridized carbons (Fsp3) is 0.211. The second-order valence-corrected chi connectivity index (χ2v) is 7.61. The van der Waals surface area contributed by atoms with Gasteiger partial charge in [-0.2, -0.15) is 5.26 Å². The van der Waals surface area contributed by atoms with Crippen LogP contribution in [0, 0.1) is 11.3 Å². The van der Waals surface area contributed by atoms with Crippen LogP contribution in [0.1, 0.15) is 10.4 Å². The lowest BCUT2D eigenvalue weighted by Gasteiger charge is -2.19. The summed E-state index contributed by atoms with van der Waals surface area (Å²) in [5, 5.41) is 8.94. The smallest absolute Gasteiger partial charge is 0.338 e. The van der Waals surface area contributed by atoms with Crippen molar-refractivity contribution in [3.8, 4) is 6.07 Å². The molecule has 29 heavy (non-hydrogen) atoms. The normalized spacial score (nSPS) is 11.0. The van der Waals surface area contributed by atoms with Gasteiger partial charge in [-0.25, -0.2) is 13.2 Å². The number of para-hydroxylation sites is 1. The number of hydrogen-bond acceptors (Lipinski definition) is 7. The highest BCUT2D eigenvalue weighted by molar-refractivity contribution is 7.89. The molecular formula is C19H19N3O6S. The van der Waals surface area contributed by atoms with Gasteiger partial charge in [-0.3, -0.25) is 14.5 Å². The molecule has 9 nitrogen and oxygen atoms in total. The van der Waals surface area contributed by atoms with Gasteiger partial charge < -0.3 is 4.74 Å². The quantitative estimate of drug-likeness (QED) is 0.364. The summed E-state index contributed by atoms with van der Waals surface area (Å²) in [5.41, 5.74) is 0.579. The maximum atomic E-state index is 12.4. The summed E-state index contributed by atoms with van der Waals surface area (Å²) in [6, 6.07) is 15.4. The molecule has 0 heterocycles. The molecule has 0 spiro atoms. The number of carbonyl (C=O) groups is 2. The molecule has 152 valence electrons. The van der Waals surface area contributed by atoms with Crippen LogP contribution in [0.15, 0.2) is 59.5 Å². The molecule has 0 unspecified atom stereocenters. The molecule has 10 heteroatoms. The zero-order valence-electron chi connectivity index (χ0n) is 15.8. The number of anilines is 1. The number of hydroxylamine groups is 1. The third kappa shape index (κ3) is 5.39. The zero-order chi connectivity index (χ0) is 21.4. The van der Waals surface area contributed by atoms with Crippen LogP contribution < -0.4 is 4.90 Å². The van der Waals surface area contributed by atoms with Crippen molar-refractivity contribution in [2.24, 2.45) is 0 Å². The van der Waals surface area contributed by atoms with Gasteiger partial charge in [0.1, 0.15) is 6.54 Å². The van der Waals surface area contributed by atoms with E-state index in [0.29, 0.717) is 10.2 Å². The number of carbonyl (C=O) groups excluding carboxylic acids is 2. The van der Waals surface area contributed by atoms with Crippen molar-refractivity contribution in [1.29, 1.82) is 5.26 Å². The summed E-state index contributed by atoms with van der Waals surface area (Å²) in [6.45, 7) is -0.762. The number of amides is 1. The average molecular weight is 417 g/mol. The average Bonchev–Trinajstić information content (AvgIpc) is 2.75. The van der Waals surface area contributed by atoms with Crippen LogP contribution >= 0.6 is 0 Å². The Balaban J connectivity index is 2.05. The van der Waals surface area contributed by atoms with E-state index in [9.17, 15) is 18.0 Å². The summed E-state index contributed by atoms with van der Waals surface area (Å²) < 4.78 is 30.0. The van der Waals surface area contributed by atoms with Gasteiger partial charge in [-0.05, 0) is 36.4 Å². The van der Waals surface area contributed by atoms with Gasteiger partial charge in [0.25, 0.3) is 15.9 Å². The Bertz CT molecular complexity index is 1000. The number of sulfonamides is 1. The van der Waals surface area contributed by atoms with Crippen LogP contribution in [0.4, 0.5) is 5.69 Å². The monoisotopic (exact) mass is 417 g/mol. The van der Waals surface area contributed by atoms with E-state index in [-0.39, 0.29) is 17.0 Å². The Morgan fingerprint density at radius 1 is 1.07 bits per heavy atom. The minimum atomic E-state index is -3.84. The highest BCUT2D eigenvalue weighted by Gasteiger charge is 2.22. The number of rotatable bonds is 8. The highest BCUT2D eigenvalue weighted by Crippen LogP contribution is 2.16. The number of hydrogen-bond donors (Lipinski definition) is 0. The first-order valence-electron chi connectivity index (χ1n) is 8.34. The number of nitrogens with zero attached hydrogens (tertiary/aromatic N) is 3. The summed E-state index contributed by atoms with van der Waals surface area (Å²) in [4.78, 5) is 30.3. The van der Waals surface area contributed by atoms with Crippen molar-refractivity contribution in [1.82, 2.24) is 4.47 Å². The predicted molar refractivity (Wildman–Crippen MR) is 103 cm³/mol. The summed E-state index contributed by atoms with van der Waals surface area (Å²) >= 11 is 0. The molecule has 0 bridgehead atoms. The third-order valence-electron chi connectivity index (χ3n) is 3.91. The molecule has 0 aliphatic rings. The summed E-state index contributed by atoms with van der Waals surface area (Å²) in [6.07, 6.45) is 0. The number of esters is 1. The fourth-order valence-electron chi connectivity index (χ4n) is 2.30. The van der Waals surface area contributed by atoms with Crippen LogP contribution in [0.25, 0.3) is 0 Å². The molecule has 0 N–H and O–H groups in total. The van der Waals surface area contributed by atoms with E-state index in [0.717, 1.165) is 0 Å². The van der Waals surface area contributed by atoms with E-state index < -0.39 is 28.5 Å². The summed E-state index contributed by atoms with van der Waals surface area (Å²) in [7, 11) is -1.39. The molecular weight excluding hydrogens is 398 g/mol. The van der Waals surface area contributed by atoms with Gasteiger partial charge in [0.15, 0.2) is 6.61 Å². The van der Waals surface area contributed by atoms with Crippen LogP contribution in [0.3, 0.4) is 0 Å². The topological polar surface area (TPSA) is 117 Å². The Morgan fingerprint density at radius 3 is 2.24 bits per heavy atom. The zero-order valence-corrected chi connectivity index (χ0v) is 16.6. The standard InChI is InChI=1S/C19H19N3O6S/c1-21(27-2)29(25,26)17-10-8-15(9-11-17)19(24)28-14-18(23)22(13-12-20)16-6-4-3-5-7-16/h3-11H,13-14H2,1-2H3. The molecule has 0 aliphatic heterocycles. The lowest BCUT2D eigenvalue weighted by molar-refractivity contribution is -0.121. The lowest BCUT2D eigenvalue weighted by Crippen LogP contribution is -2.35. The Labute approximate surface area is 168 Å². The molecule has 0 fully saturated rings. The van der Waals surface area contributed by atoms with Gasteiger partial charge in [0.2, 0.25) is 0 Å². The Kier molecular flexibility index (Phi) is 7.44. The summed E-state index contributed by atoms with van der Waals surface area (Å²) in [5.74, 6) is -1.36. The van der Waals surface area contributed by atoms with Crippen molar-refractivity contribution in [2.75, 3.05) is 32.2 Å². The third-order valence-corrected chi connectivity index (χ3v) is 5.60. The predicted octanol–water partition coefficient (Wildman–Crippen LogP) is 1.58. The maximum Gasteiger partial charge on any atom is 0.338 e. The van der Waals surface area contributed by atoms with Crippen LogP contribution in [0.5, 0.6) is 0 Å². The number of benzene rings is 2. The fourth-order valence-corrected chi connectivity index (χ4v) is 3.27. The van der Waals surface area contributed by atoms with E-state index in [1.165, 1.54) is 43.3 Å². The Morgan fingerprint density at radius 2 is 1.69 bits per heavy atom. The second-order valence-electron chi connectivity index (χ2n) is 5.67. The van der Waals surface area contributed by atoms with Crippen molar-refractivity contribution in [2.45, 2.75) is 4.90 Å². The molecule has 2 aromatic carbocycles. The molecule has 2 aromatic rings. The molecule has 0 radical (unpaired) electrons. The Hall–Kier alpha value is -3.26. The van der Waals surface area contributed by atoms with Crippen LogP contribution in [-0.2, 0) is 24.4 Å². The SMILES string of the molecule is CON(C)S(=O)(=O)c1ccc(C(=O)OCC(=O)N(CC#N)c2ccccc2)cc1. The molecule has 0 aromatic heterocycles. The van der Waals surface area contributed by atoms with Gasteiger partial charge >= 0.3 is 5.97 Å². The second kappa shape index (κ2) is 9.79. The first-order valence-corrected chi connectivity index (χ1v) is 9.78. The van der Waals surface area contributed by atoms with E-state index in [2.05, 4.69) is 4.84 Å². The largest absolute Gasteiger partial charge is 0.452 e. The maximum absolute atomic E-state index is 12.4. The van der Waals surface area contributed by atoms with Gasteiger partial charge in [-0.15, -0.1) is 0 Å². The van der Waals surface area contributed by atoms with Crippen LogP contribution in [-0.4, -0.2) is 52.1 Å². The van der Waals surface area contributed by atoms with Crippen molar-refractivity contribution in [3.05, 3.63) is 60.2 Å². The molecule has 0 atom stereocenters. The van der Waals surface area contributed by atoms with Crippen molar-refractivity contribution < 1.29 is 27.6 Å². The minimum Gasteiger partial charge on any atom is -0.452 e.